The SMILES string of the molecule is COc1ccccc1C(CNC(=O)Cc1ccc(-n2cccc2)cc1)N(C)C. The monoisotopic (exact) mass is 377 g/mol. The van der Waals surface area contributed by atoms with E-state index in [4.69, 9.17) is 4.74 Å². The number of carbonyl (C=O) groups is 1. The van der Waals surface area contributed by atoms with Gasteiger partial charge in [0.2, 0.25) is 5.91 Å². The minimum Gasteiger partial charge on any atom is -0.496 e. The first-order chi connectivity index (χ1) is 13.6. The fraction of sp³-hybridized carbons (Fsp3) is 0.261. The standard InChI is InChI=1S/C23H27N3O2/c1-25(2)21(20-8-4-5-9-22(20)28-3)17-24-23(27)16-18-10-12-19(13-11-18)26-14-6-7-15-26/h4-15,21H,16-17H2,1-3H3,(H,24,27). The number of para-hydroxylation sites is 1. The fourth-order valence-electron chi connectivity index (χ4n) is 3.26. The molecular formula is C23H27N3O2. The number of rotatable bonds is 8. The third-order valence-corrected chi connectivity index (χ3v) is 4.82. The molecule has 0 spiro atoms. The summed E-state index contributed by atoms with van der Waals surface area (Å²) in [6.07, 6.45) is 4.36. The minimum atomic E-state index is 0.00969. The Hall–Kier alpha value is -3.05. The van der Waals surface area contributed by atoms with Crippen LogP contribution in [0.4, 0.5) is 0 Å². The summed E-state index contributed by atoms with van der Waals surface area (Å²) in [4.78, 5) is 14.6. The van der Waals surface area contributed by atoms with Crippen LogP contribution in [0.15, 0.2) is 73.1 Å². The average molecular weight is 377 g/mol. The highest BCUT2D eigenvalue weighted by molar-refractivity contribution is 5.78. The van der Waals surface area contributed by atoms with Crippen LogP contribution in [-0.4, -0.2) is 43.1 Å². The molecule has 1 N–H and O–H groups in total. The number of nitrogens with zero attached hydrogens (tertiary/aromatic N) is 2. The lowest BCUT2D eigenvalue weighted by Gasteiger charge is -2.26. The number of hydrogen-bond donors (Lipinski definition) is 1. The number of ether oxygens (including phenoxy) is 1. The van der Waals surface area contributed by atoms with Gasteiger partial charge in [0.05, 0.1) is 19.6 Å². The number of nitrogens with one attached hydrogen (secondary N) is 1. The molecule has 0 saturated carbocycles. The lowest BCUT2D eigenvalue weighted by Crippen LogP contribution is -2.35. The molecule has 1 amide bonds. The van der Waals surface area contributed by atoms with E-state index < -0.39 is 0 Å². The van der Waals surface area contributed by atoms with Crippen molar-refractivity contribution in [2.24, 2.45) is 0 Å². The first-order valence-corrected chi connectivity index (χ1v) is 9.37. The molecule has 0 bridgehead atoms. The second kappa shape index (κ2) is 9.24. The van der Waals surface area contributed by atoms with Crippen molar-refractivity contribution in [3.63, 3.8) is 0 Å². The van der Waals surface area contributed by atoms with E-state index in [9.17, 15) is 4.79 Å². The maximum Gasteiger partial charge on any atom is 0.224 e. The first kappa shape index (κ1) is 19.7. The van der Waals surface area contributed by atoms with Gasteiger partial charge in [-0.1, -0.05) is 30.3 Å². The van der Waals surface area contributed by atoms with Crippen molar-refractivity contribution in [3.05, 3.63) is 84.2 Å². The summed E-state index contributed by atoms with van der Waals surface area (Å²) in [7, 11) is 5.67. The lowest BCUT2D eigenvalue weighted by atomic mass is 10.0. The summed E-state index contributed by atoms with van der Waals surface area (Å²) in [5.74, 6) is 0.839. The zero-order chi connectivity index (χ0) is 19.9. The van der Waals surface area contributed by atoms with Crippen molar-refractivity contribution in [2.45, 2.75) is 12.5 Å². The Labute approximate surface area is 166 Å². The maximum absolute atomic E-state index is 12.5. The van der Waals surface area contributed by atoms with Gasteiger partial charge in [-0.05, 0) is 50.0 Å². The van der Waals surface area contributed by atoms with Crippen LogP contribution < -0.4 is 10.1 Å². The molecule has 28 heavy (non-hydrogen) atoms. The van der Waals surface area contributed by atoms with E-state index in [0.717, 1.165) is 22.6 Å². The van der Waals surface area contributed by atoms with Gasteiger partial charge in [0, 0.05) is 30.2 Å². The van der Waals surface area contributed by atoms with Gasteiger partial charge in [0.15, 0.2) is 0 Å². The third-order valence-electron chi connectivity index (χ3n) is 4.82. The van der Waals surface area contributed by atoms with E-state index in [1.165, 1.54) is 0 Å². The molecule has 0 aliphatic rings. The van der Waals surface area contributed by atoms with Crippen LogP contribution >= 0.6 is 0 Å². The first-order valence-electron chi connectivity index (χ1n) is 9.37. The number of methoxy groups -OCH3 is 1. The van der Waals surface area contributed by atoms with Gasteiger partial charge in [-0.25, -0.2) is 0 Å². The van der Waals surface area contributed by atoms with Crippen molar-refractivity contribution in [1.82, 2.24) is 14.8 Å². The predicted octanol–water partition coefficient (Wildman–Crippen LogP) is 3.45. The Morgan fingerprint density at radius 1 is 1.04 bits per heavy atom. The molecule has 5 nitrogen and oxygen atoms in total. The van der Waals surface area contributed by atoms with Crippen molar-refractivity contribution in [1.29, 1.82) is 0 Å². The molecule has 3 rings (SSSR count). The minimum absolute atomic E-state index is 0.00969. The second-order valence-electron chi connectivity index (χ2n) is 6.96. The van der Waals surface area contributed by atoms with Crippen LogP contribution in [0.5, 0.6) is 5.75 Å². The third kappa shape index (κ3) is 4.81. The van der Waals surface area contributed by atoms with E-state index in [0.29, 0.717) is 13.0 Å². The van der Waals surface area contributed by atoms with E-state index in [-0.39, 0.29) is 11.9 Å². The van der Waals surface area contributed by atoms with Gasteiger partial charge in [-0.2, -0.15) is 0 Å². The zero-order valence-electron chi connectivity index (χ0n) is 16.6. The highest BCUT2D eigenvalue weighted by atomic mass is 16.5. The highest BCUT2D eigenvalue weighted by Crippen LogP contribution is 2.27. The molecule has 1 heterocycles. The van der Waals surface area contributed by atoms with Gasteiger partial charge in [-0.15, -0.1) is 0 Å². The van der Waals surface area contributed by atoms with E-state index in [1.54, 1.807) is 7.11 Å². The second-order valence-corrected chi connectivity index (χ2v) is 6.96. The summed E-state index contributed by atoms with van der Waals surface area (Å²) in [5.41, 5.74) is 3.14. The zero-order valence-corrected chi connectivity index (χ0v) is 16.6. The summed E-state index contributed by atoms with van der Waals surface area (Å²) < 4.78 is 7.52. The Morgan fingerprint density at radius 2 is 1.71 bits per heavy atom. The molecule has 2 aromatic carbocycles. The number of likely N-dealkylation sites (N-methyl/N-ethyl adjacent to an activating group) is 1. The number of benzene rings is 2. The van der Waals surface area contributed by atoms with E-state index in [2.05, 4.69) is 10.2 Å². The molecule has 0 radical (unpaired) electrons. The molecule has 5 heteroatoms. The van der Waals surface area contributed by atoms with Crippen LogP contribution in [0.2, 0.25) is 0 Å². The summed E-state index contributed by atoms with van der Waals surface area (Å²) >= 11 is 0. The van der Waals surface area contributed by atoms with Gasteiger partial charge in [-0.3, -0.25) is 4.79 Å². The molecule has 146 valence electrons. The van der Waals surface area contributed by atoms with Gasteiger partial charge in [0.1, 0.15) is 5.75 Å². The fourth-order valence-corrected chi connectivity index (χ4v) is 3.26. The van der Waals surface area contributed by atoms with Crippen LogP contribution in [0, 0.1) is 0 Å². The summed E-state index contributed by atoms with van der Waals surface area (Å²) in [5, 5.41) is 3.06. The largest absolute Gasteiger partial charge is 0.496 e. The van der Waals surface area contributed by atoms with Crippen LogP contribution in [0.1, 0.15) is 17.2 Å². The molecule has 0 aliphatic carbocycles. The van der Waals surface area contributed by atoms with Gasteiger partial charge < -0.3 is 19.5 Å². The van der Waals surface area contributed by atoms with Crippen molar-refractivity contribution in [3.8, 4) is 11.4 Å². The number of hydrogen-bond acceptors (Lipinski definition) is 3. The van der Waals surface area contributed by atoms with Crippen molar-refractivity contribution >= 4 is 5.91 Å². The number of amides is 1. The molecule has 3 aromatic rings. The number of aromatic nitrogens is 1. The summed E-state index contributed by atoms with van der Waals surface area (Å²) in [6.45, 7) is 0.521. The van der Waals surface area contributed by atoms with Crippen LogP contribution in [-0.2, 0) is 11.2 Å². The molecular weight excluding hydrogens is 350 g/mol. The lowest BCUT2D eigenvalue weighted by molar-refractivity contribution is -0.120. The van der Waals surface area contributed by atoms with Crippen molar-refractivity contribution < 1.29 is 9.53 Å². The topological polar surface area (TPSA) is 46.5 Å². The molecule has 1 atom stereocenters. The maximum atomic E-state index is 12.5. The highest BCUT2D eigenvalue weighted by Gasteiger charge is 2.19. The van der Waals surface area contributed by atoms with Crippen molar-refractivity contribution in [2.75, 3.05) is 27.7 Å². The average Bonchev–Trinajstić information content (AvgIpc) is 3.23. The molecule has 1 aromatic heterocycles. The number of carbonyl (C=O) groups excluding carboxylic acids is 1. The Morgan fingerprint density at radius 3 is 2.36 bits per heavy atom. The van der Waals surface area contributed by atoms with E-state index >= 15 is 0 Å². The summed E-state index contributed by atoms with van der Waals surface area (Å²) in [6, 6.07) is 20.0. The van der Waals surface area contributed by atoms with E-state index in [1.807, 2.05) is 91.7 Å². The Kier molecular flexibility index (Phi) is 6.50. The van der Waals surface area contributed by atoms with Crippen LogP contribution in [0.3, 0.4) is 0 Å². The molecule has 0 saturated heterocycles. The predicted molar refractivity (Wildman–Crippen MR) is 112 cm³/mol. The molecule has 0 fully saturated rings. The Bertz CT molecular complexity index is 886. The molecule has 0 aliphatic heterocycles. The Balaban J connectivity index is 1.60. The quantitative estimate of drug-likeness (QED) is 0.654. The smallest absolute Gasteiger partial charge is 0.224 e. The van der Waals surface area contributed by atoms with Gasteiger partial charge >= 0.3 is 0 Å². The molecule has 1 unspecified atom stereocenters. The normalized spacial score (nSPS) is 12.0. The van der Waals surface area contributed by atoms with Gasteiger partial charge in [0.25, 0.3) is 0 Å². The van der Waals surface area contributed by atoms with Crippen LogP contribution in [0.25, 0.3) is 5.69 Å².